The van der Waals surface area contributed by atoms with Crippen molar-refractivity contribution < 1.29 is 0 Å². The molecule has 0 aliphatic rings. The summed E-state index contributed by atoms with van der Waals surface area (Å²) >= 11 is 9.72. The minimum absolute atomic E-state index is 0.505. The summed E-state index contributed by atoms with van der Waals surface area (Å²) in [6.45, 7) is 0. The highest BCUT2D eigenvalue weighted by Crippen LogP contribution is 2.32. The van der Waals surface area contributed by atoms with Crippen molar-refractivity contribution in [3.8, 4) is 6.07 Å². The van der Waals surface area contributed by atoms with Crippen LogP contribution in [0.3, 0.4) is 0 Å². The molecule has 2 aromatic rings. The Morgan fingerprint density at radius 3 is 2.93 bits per heavy atom. The average Bonchev–Trinajstić information content (AvgIpc) is 2.62. The summed E-state index contributed by atoms with van der Waals surface area (Å²) in [5.74, 6) is 0.505. The van der Waals surface area contributed by atoms with Crippen LogP contribution in [0.1, 0.15) is 11.1 Å². The first kappa shape index (κ1) is 10.2. The van der Waals surface area contributed by atoms with Crippen molar-refractivity contribution in [2.45, 2.75) is 5.88 Å². The third kappa shape index (κ3) is 1.52. The van der Waals surface area contributed by atoms with Crippen LogP contribution >= 0.6 is 45.5 Å². The van der Waals surface area contributed by atoms with E-state index in [-0.39, 0.29) is 0 Å². The van der Waals surface area contributed by atoms with Crippen molar-refractivity contribution in [1.29, 1.82) is 5.26 Å². The van der Waals surface area contributed by atoms with Gasteiger partial charge in [0.25, 0.3) is 0 Å². The van der Waals surface area contributed by atoms with E-state index in [2.05, 4.69) is 34.0 Å². The second-order valence-electron chi connectivity index (χ2n) is 2.81. The lowest BCUT2D eigenvalue weighted by molar-refractivity contribution is 1.46. The second kappa shape index (κ2) is 4.05. The van der Waals surface area contributed by atoms with Crippen molar-refractivity contribution in [2.75, 3.05) is 0 Å². The van der Waals surface area contributed by atoms with Crippen molar-refractivity contribution in [1.82, 2.24) is 0 Å². The molecule has 1 heterocycles. The fourth-order valence-electron chi connectivity index (χ4n) is 1.33. The van der Waals surface area contributed by atoms with Crippen LogP contribution in [0.15, 0.2) is 17.5 Å². The van der Waals surface area contributed by atoms with Crippen LogP contribution in [-0.2, 0) is 5.88 Å². The van der Waals surface area contributed by atoms with Crippen LogP contribution in [0, 0.1) is 14.9 Å². The molecule has 70 valence electrons. The number of nitriles is 1. The highest BCUT2D eigenvalue weighted by molar-refractivity contribution is 14.1. The number of benzene rings is 1. The van der Waals surface area contributed by atoms with Crippen LogP contribution in [0.4, 0.5) is 0 Å². The summed E-state index contributed by atoms with van der Waals surface area (Å²) in [4.78, 5) is 0. The summed E-state index contributed by atoms with van der Waals surface area (Å²) < 4.78 is 2.21. The summed E-state index contributed by atoms with van der Waals surface area (Å²) in [6, 6.07) is 6.03. The Balaban J connectivity index is 2.85. The van der Waals surface area contributed by atoms with E-state index in [4.69, 9.17) is 16.9 Å². The maximum atomic E-state index is 8.89. The number of alkyl halides is 1. The smallest absolute Gasteiger partial charge is 0.100 e. The molecule has 4 heteroatoms. The van der Waals surface area contributed by atoms with E-state index in [1.54, 1.807) is 11.3 Å². The molecule has 0 bridgehead atoms. The predicted molar refractivity (Wildman–Crippen MR) is 68.8 cm³/mol. The maximum Gasteiger partial charge on any atom is 0.100 e. The molecule has 1 aromatic heterocycles. The molecule has 1 nitrogen and oxygen atoms in total. The van der Waals surface area contributed by atoms with Crippen molar-refractivity contribution in [3.05, 3.63) is 32.2 Å². The van der Waals surface area contributed by atoms with E-state index in [0.29, 0.717) is 5.88 Å². The van der Waals surface area contributed by atoms with Gasteiger partial charge in [-0.3, -0.25) is 0 Å². The van der Waals surface area contributed by atoms with Gasteiger partial charge < -0.3 is 0 Å². The molecule has 0 atom stereocenters. The topological polar surface area (TPSA) is 23.8 Å². The molecule has 1 aromatic carbocycles. The number of nitrogens with zero attached hydrogens (tertiary/aromatic N) is 1. The zero-order valence-corrected chi connectivity index (χ0v) is 10.8. The monoisotopic (exact) mass is 333 g/mol. The standard InChI is InChI=1S/C10H5ClINS/c11-3-7-5-14-8-2-1-6(4-13)10(12)9(7)8/h1-2,5H,3H2. The molecular formula is C10H5ClINS. The van der Waals surface area contributed by atoms with Gasteiger partial charge in [-0.15, -0.1) is 22.9 Å². The van der Waals surface area contributed by atoms with Gasteiger partial charge >= 0.3 is 0 Å². The number of fused-ring (bicyclic) bond motifs is 1. The third-order valence-electron chi connectivity index (χ3n) is 2.02. The van der Waals surface area contributed by atoms with Crippen molar-refractivity contribution >= 4 is 55.6 Å². The minimum atomic E-state index is 0.505. The molecular weight excluding hydrogens is 329 g/mol. The van der Waals surface area contributed by atoms with E-state index in [9.17, 15) is 0 Å². The van der Waals surface area contributed by atoms with E-state index in [1.807, 2.05) is 12.1 Å². The zero-order valence-electron chi connectivity index (χ0n) is 7.05. The molecule has 0 spiro atoms. The van der Waals surface area contributed by atoms with E-state index in [0.717, 1.165) is 20.1 Å². The normalized spacial score (nSPS) is 10.4. The van der Waals surface area contributed by atoms with Gasteiger partial charge in [0.05, 0.1) is 5.56 Å². The summed E-state index contributed by atoms with van der Waals surface area (Å²) in [7, 11) is 0. The first-order chi connectivity index (χ1) is 6.77. The average molecular weight is 334 g/mol. The lowest BCUT2D eigenvalue weighted by Gasteiger charge is -1.99. The van der Waals surface area contributed by atoms with Gasteiger partial charge in [-0.2, -0.15) is 5.26 Å². The highest BCUT2D eigenvalue weighted by Gasteiger charge is 2.09. The Hall–Kier alpha value is -0.310. The molecule has 0 unspecified atom stereocenters. The quantitative estimate of drug-likeness (QED) is 0.569. The van der Waals surface area contributed by atoms with Crippen molar-refractivity contribution in [3.63, 3.8) is 0 Å². The zero-order chi connectivity index (χ0) is 10.1. The maximum absolute atomic E-state index is 8.89. The minimum Gasteiger partial charge on any atom is -0.192 e. The molecule has 0 amide bonds. The number of halogens is 2. The Labute approximate surface area is 104 Å². The van der Waals surface area contributed by atoms with Gasteiger partial charge in [0.1, 0.15) is 6.07 Å². The SMILES string of the molecule is N#Cc1ccc2scc(CCl)c2c1I. The third-order valence-corrected chi connectivity index (χ3v) is 4.42. The molecule has 0 radical (unpaired) electrons. The molecule has 2 rings (SSSR count). The summed E-state index contributed by atoms with van der Waals surface area (Å²) in [5.41, 5.74) is 1.84. The van der Waals surface area contributed by atoms with Crippen molar-refractivity contribution in [2.24, 2.45) is 0 Å². The van der Waals surface area contributed by atoms with Gasteiger partial charge in [-0.25, -0.2) is 0 Å². The Morgan fingerprint density at radius 1 is 1.50 bits per heavy atom. The predicted octanol–water partition coefficient (Wildman–Crippen LogP) is 4.12. The lowest BCUT2D eigenvalue weighted by Crippen LogP contribution is -1.84. The molecule has 0 saturated heterocycles. The lowest BCUT2D eigenvalue weighted by atomic mass is 10.1. The van der Waals surface area contributed by atoms with Gasteiger partial charge in [0.2, 0.25) is 0 Å². The first-order valence-electron chi connectivity index (χ1n) is 3.92. The van der Waals surface area contributed by atoms with E-state index >= 15 is 0 Å². The largest absolute Gasteiger partial charge is 0.192 e. The van der Waals surface area contributed by atoms with Crippen LogP contribution in [0.25, 0.3) is 10.1 Å². The summed E-state index contributed by atoms with van der Waals surface area (Å²) in [5, 5.41) is 12.1. The molecule has 0 fully saturated rings. The number of hydrogen-bond donors (Lipinski definition) is 0. The number of hydrogen-bond acceptors (Lipinski definition) is 2. The van der Waals surface area contributed by atoms with Crippen LogP contribution < -0.4 is 0 Å². The number of rotatable bonds is 1. The van der Waals surface area contributed by atoms with Crippen LogP contribution in [0.5, 0.6) is 0 Å². The van der Waals surface area contributed by atoms with Gasteiger partial charge in [0, 0.05) is 19.5 Å². The van der Waals surface area contributed by atoms with Gasteiger partial charge in [0.15, 0.2) is 0 Å². The van der Waals surface area contributed by atoms with Gasteiger partial charge in [-0.1, -0.05) is 0 Å². The Bertz CT molecular complexity index is 527. The first-order valence-corrected chi connectivity index (χ1v) is 6.42. The van der Waals surface area contributed by atoms with Gasteiger partial charge in [-0.05, 0) is 45.7 Å². The molecule has 0 N–H and O–H groups in total. The molecule has 14 heavy (non-hydrogen) atoms. The highest BCUT2D eigenvalue weighted by atomic mass is 127. The van der Waals surface area contributed by atoms with Crippen LogP contribution in [-0.4, -0.2) is 0 Å². The Kier molecular flexibility index (Phi) is 2.96. The summed E-state index contributed by atoms with van der Waals surface area (Å²) in [6.07, 6.45) is 0. The molecule has 0 saturated carbocycles. The van der Waals surface area contributed by atoms with E-state index in [1.165, 1.54) is 4.70 Å². The number of thiophene rings is 1. The Morgan fingerprint density at radius 2 is 2.29 bits per heavy atom. The molecule has 0 aliphatic heterocycles. The van der Waals surface area contributed by atoms with E-state index < -0.39 is 0 Å². The fraction of sp³-hybridized carbons (Fsp3) is 0.100. The second-order valence-corrected chi connectivity index (χ2v) is 5.06. The van der Waals surface area contributed by atoms with Crippen LogP contribution in [0.2, 0.25) is 0 Å². The molecule has 0 aliphatic carbocycles. The fourth-order valence-corrected chi connectivity index (χ4v) is 3.72.